The molecular formula is C29H34N4O4. The number of benzene rings is 2. The number of hydrogen-bond acceptors (Lipinski definition) is 6. The van der Waals surface area contributed by atoms with Crippen molar-refractivity contribution in [3.63, 3.8) is 0 Å². The van der Waals surface area contributed by atoms with E-state index in [1.165, 1.54) is 4.90 Å². The number of ether oxygens (including phenoxy) is 3. The summed E-state index contributed by atoms with van der Waals surface area (Å²) in [6.45, 7) is 5.18. The van der Waals surface area contributed by atoms with E-state index in [4.69, 9.17) is 14.2 Å². The van der Waals surface area contributed by atoms with Crippen molar-refractivity contribution in [2.45, 2.75) is 0 Å². The number of hydrogen-bond donors (Lipinski definition) is 1. The van der Waals surface area contributed by atoms with E-state index in [0.717, 1.165) is 61.1 Å². The summed E-state index contributed by atoms with van der Waals surface area (Å²) >= 11 is 0. The van der Waals surface area contributed by atoms with E-state index in [0.29, 0.717) is 12.4 Å². The molecule has 0 atom stereocenters. The molecule has 0 bridgehead atoms. The van der Waals surface area contributed by atoms with Gasteiger partial charge in [0, 0.05) is 33.7 Å². The van der Waals surface area contributed by atoms with Crippen LogP contribution in [0.2, 0.25) is 0 Å². The third-order valence-electron chi connectivity index (χ3n) is 5.92. The molecular weight excluding hydrogens is 468 g/mol. The summed E-state index contributed by atoms with van der Waals surface area (Å²) in [7, 11) is 3.41. The van der Waals surface area contributed by atoms with Gasteiger partial charge in [-0.05, 0) is 53.6 Å². The molecule has 0 radical (unpaired) electrons. The summed E-state index contributed by atoms with van der Waals surface area (Å²) in [5.41, 5.74) is 3.85. The fourth-order valence-electron chi connectivity index (χ4n) is 3.63. The molecule has 3 aromatic rings. The van der Waals surface area contributed by atoms with Crippen LogP contribution in [0, 0.1) is 0 Å². The Balaban J connectivity index is 1.22. The molecule has 8 heteroatoms. The van der Waals surface area contributed by atoms with Gasteiger partial charge in [0.1, 0.15) is 18.1 Å². The van der Waals surface area contributed by atoms with E-state index in [1.807, 2.05) is 78.9 Å². The van der Waals surface area contributed by atoms with Crippen LogP contribution in [-0.2, 0) is 9.53 Å². The number of aromatic amines is 1. The lowest BCUT2D eigenvalue weighted by molar-refractivity contribution is -0.130. The second kappa shape index (κ2) is 13.4. The largest absolute Gasteiger partial charge is 0.492 e. The number of carbonyl (C=O) groups is 1. The fraction of sp³-hybridized carbons (Fsp3) is 0.310. The Morgan fingerprint density at radius 3 is 2.22 bits per heavy atom. The summed E-state index contributed by atoms with van der Waals surface area (Å²) in [6, 6.07) is 17.6. The third-order valence-corrected chi connectivity index (χ3v) is 5.92. The van der Waals surface area contributed by atoms with Crippen molar-refractivity contribution in [3.8, 4) is 11.5 Å². The van der Waals surface area contributed by atoms with E-state index < -0.39 is 0 Å². The predicted molar refractivity (Wildman–Crippen MR) is 146 cm³/mol. The predicted octanol–water partition coefficient (Wildman–Crippen LogP) is 3.93. The zero-order chi connectivity index (χ0) is 25.9. The zero-order valence-electron chi connectivity index (χ0n) is 21.4. The second-order valence-corrected chi connectivity index (χ2v) is 8.93. The van der Waals surface area contributed by atoms with Crippen molar-refractivity contribution in [3.05, 3.63) is 77.1 Å². The van der Waals surface area contributed by atoms with Crippen LogP contribution in [0.25, 0.3) is 24.3 Å². The molecule has 1 aliphatic heterocycles. The summed E-state index contributed by atoms with van der Waals surface area (Å²) in [5, 5.41) is 7.40. The highest BCUT2D eigenvalue weighted by atomic mass is 16.5. The number of morpholine rings is 1. The normalized spacial score (nSPS) is 14.3. The number of rotatable bonds is 11. The average Bonchev–Trinajstić information content (AvgIpc) is 3.39. The fourth-order valence-corrected chi connectivity index (χ4v) is 3.63. The summed E-state index contributed by atoms with van der Waals surface area (Å²) in [4.78, 5) is 15.5. The minimum Gasteiger partial charge on any atom is -0.492 e. The smallest absolute Gasteiger partial charge is 0.259 e. The molecule has 0 aliphatic carbocycles. The van der Waals surface area contributed by atoms with Gasteiger partial charge in [-0.3, -0.25) is 14.8 Å². The minimum absolute atomic E-state index is 0.0277. The number of carbonyl (C=O) groups excluding carboxylic acids is 1. The quantitative estimate of drug-likeness (QED) is 0.428. The average molecular weight is 503 g/mol. The molecule has 1 saturated heterocycles. The van der Waals surface area contributed by atoms with Crippen LogP contribution in [0.1, 0.15) is 22.5 Å². The minimum atomic E-state index is -0.0748. The van der Waals surface area contributed by atoms with Crippen LogP contribution < -0.4 is 9.47 Å². The van der Waals surface area contributed by atoms with Crippen molar-refractivity contribution in [1.29, 1.82) is 0 Å². The summed E-state index contributed by atoms with van der Waals surface area (Å²) < 4.78 is 16.8. The van der Waals surface area contributed by atoms with Gasteiger partial charge in [-0.25, -0.2) is 0 Å². The maximum atomic E-state index is 11.6. The van der Waals surface area contributed by atoms with Gasteiger partial charge in [0.25, 0.3) is 5.91 Å². The standard InChI is InChI=1S/C29H34N4O4/c1-32(2)29(34)22-37-28-13-7-24(8-14-28)4-10-26-21-25(30-31-26)9-3-23-5-11-27(12-6-23)36-20-17-33-15-18-35-19-16-33/h3-14,21H,15-20,22H2,1-2H3,(H,30,31). The molecule has 0 saturated carbocycles. The molecule has 0 spiro atoms. The van der Waals surface area contributed by atoms with Gasteiger partial charge < -0.3 is 19.1 Å². The molecule has 37 heavy (non-hydrogen) atoms. The van der Waals surface area contributed by atoms with E-state index >= 15 is 0 Å². The molecule has 1 aliphatic rings. The van der Waals surface area contributed by atoms with Crippen LogP contribution in [0.4, 0.5) is 0 Å². The van der Waals surface area contributed by atoms with E-state index in [9.17, 15) is 4.79 Å². The van der Waals surface area contributed by atoms with Gasteiger partial charge in [-0.15, -0.1) is 0 Å². The second-order valence-electron chi connectivity index (χ2n) is 8.93. The number of nitrogens with zero attached hydrogens (tertiary/aromatic N) is 3. The van der Waals surface area contributed by atoms with Gasteiger partial charge in [0.05, 0.1) is 24.6 Å². The van der Waals surface area contributed by atoms with Crippen LogP contribution >= 0.6 is 0 Å². The number of nitrogens with one attached hydrogen (secondary N) is 1. The molecule has 1 fully saturated rings. The first-order valence-corrected chi connectivity index (χ1v) is 12.4. The Kier molecular flexibility index (Phi) is 9.51. The SMILES string of the molecule is CN(C)C(=O)COc1ccc(C=Cc2cc(C=Cc3ccc(OCCN4CCOCC4)cc3)n[nH]2)cc1. The van der Waals surface area contributed by atoms with Gasteiger partial charge in [-0.1, -0.05) is 36.4 Å². The number of amides is 1. The Morgan fingerprint density at radius 1 is 0.946 bits per heavy atom. The van der Waals surface area contributed by atoms with Gasteiger partial charge in [-0.2, -0.15) is 5.10 Å². The van der Waals surface area contributed by atoms with Crippen molar-refractivity contribution >= 4 is 30.2 Å². The summed E-state index contributed by atoms with van der Waals surface area (Å²) in [6.07, 6.45) is 7.97. The van der Waals surface area contributed by atoms with Crippen LogP contribution in [0.15, 0.2) is 54.6 Å². The highest BCUT2D eigenvalue weighted by molar-refractivity contribution is 5.77. The lowest BCUT2D eigenvalue weighted by Gasteiger charge is -2.26. The van der Waals surface area contributed by atoms with Gasteiger partial charge in [0.15, 0.2) is 6.61 Å². The Labute approximate surface area is 218 Å². The molecule has 1 amide bonds. The Bertz CT molecular complexity index is 1180. The molecule has 194 valence electrons. The summed E-state index contributed by atoms with van der Waals surface area (Å²) in [5.74, 6) is 1.46. The number of aromatic nitrogens is 2. The topological polar surface area (TPSA) is 79.9 Å². The third kappa shape index (κ3) is 8.63. The lowest BCUT2D eigenvalue weighted by Crippen LogP contribution is -2.38. The molecule has 4 rings (SSSR count). The lowest BCUT2D eigenvalue weighted by atomic mass is 10.2. The van der Waals surface area contributed by atoms with Crippen molar-refractivity contribution in [1.82, 2.24) is 20.0 Å². The molecule has 2 aromatic carbocycles. The van der Waals surface area contributed by atoms with Crippen LogP contribution in [-0.4, -0.2) is 86.1 Å². The number of H-pyrrole nitrogens is 1. The maximum absolute atomic E-state index is 11.6. The number of likely N-dealkylation sites (N-methyl/N-ethyl adjacent to an activating group) is 1. The first-order valence-electron chi connectivity index (χ1n) is 12.4. The first kappa shape index (κ1) is 26.2. The monoisotopic (exact) mass is 502 g/mol. The molecule has 1 N–H and O–H groups in total. The van der Waals surface area contributed by atoms with Crippen LogP contribution in [0.5, 0.6) is 11.5 Å². The van der Waals surface area contributed by atoms with Gasteiger partial charge in [0.2, 0.25) is 0 Å². The zero-order valence-corrected chi connectivity index (χ0v) is 21.4. The van der Waals surface area contributed by atoms with E-state index in [-0.39, 0.29) is 12.5 Å². The molecule has 0 unspecified atom stereocenters. The highest BCUT2D eigenvalue weighted by Gasteiger charge is 2.09. The van der Waals surface area contributed by atoms with Gasteiger partial charge >= 0.3 is 0 Å². The molecule has 1 aromatic heterocycles. The highest BCUT2D eigenvalue weighted by Crippen LogP contribution is 2.16. The van der Waals surface area contributed by atoms with Crippen molar-refractivity contribution < 1.29 is 19.0 Å². The maximum Gasteiger partial charge on any atom is 0.259 e. The van der Waals surface area contributed by atoms with Crippen molar-refractivity contribution in [2.75, 3.05) is 60.2 Å². The van der Waals surface area contributed by atoms with E-state index in [1.54, 1.807) is 14.1 Å². The Hall–Kier alpha value is -3.88. The molecule has 8 nitrogen and oxygen atoms in total. The Morgan fingerprint density at radius 2 is 1.57 bits per heavy atom. The first-order chi connectivity index (χ1) is 18.0. The molecule has 2 heterocycles. The van der Waals surface area contributed by atoms with Crippen LogP contribution in [0.3, 0.4) is 0 Å². The van der Waals surface area contributed by atoms with Crippen molar-refractivity contribution in [2.24, 2.45) is 0 Å². The van der Waals surface area contributed by atoms with E-state index in [2.05, 4.69) is 15.1 Å².